The average molecular weight is 493 g/mol. The molecule has 7 nitrogen and oxygen atoms in total. The summed E-state index contributed by atoms with van der Waals surface area (Å²) in [5.74, 6) is -0.0750. The van der Waals surface area contributed by atoms with Crippen LogP contribution in [0.1, 0.15) is 30.3 Å². The number of alkyl halides is 1. The standard InChI is InChI=1S/C24H22N4O2.C3H7FO.CH4/c25-17-18-1-7-21(8-2-18)27-13-15-28(16-14-27)22-9-5-20(6-10-22)26-24(30)19-3-11-23(29)12-4-19;1-3(5)2-4;/h1-12,29H,13-16H2,(H,26,30);3,5H,2H2,1H3;1H4. The summed E-state index contributed by atoms with van der Waals surface area (Å²) >= 11 is 0. The van der Waals surface area contributed by atoms with Gasteiger partial charge in [-0.05, 0) is 79.7 Å². The summed E-state index contributed by atoms with van der Waals surface area (Å²) in [5.41, 5.74) is 4.16. The molecule has 1 amide bonds. The molecule has 0 spiro atoms. The minimum atomic E-state index is -0.782. The fourth-order valence-electron chi connectivity index (χ4n) is 3.54. The molecule has 4 rings (SSSR count). The van der Waals surface area contributed by atoms with Crippen LogP contribution < -0.4 is 15.1 Å². The van der Waals surface area contributed by atoms with Crippen molar-refractivity contribution in [3.05, 3.63) is 83.9 Å². The zero-order valence-corrected chi connectivity index (χ0v) is 19.6. The van der Waals surface area contributed by atoms with E-state index >= 15 is 0 Å². The Balaban J connectivity index is 0.000000694. The van der Waals surface area contributed by atoms with E-state index in [0.29, 0.717) is 11.1 Å². The summed E-state index contributed by atoms with van der Waals surface area (Å²) in [6.45, 7) is 4.38. The fourth-order valence-corrected chi connectivity index (χ4v) is 3.54. The number of anilines is 3. The number of hydrogen-bond acceptors (Lipinski definition) is 6. The molecule has 3 aromatic carbocycles. The number of benzene rings is 3. The Kier molecular flexibility index (Phi) is 10.7. The van der Waals surface area contributed by atoms with Crippen LogP contribution in [-0.4, -0.2) is 55.1 Å². The van der Waals surface area contributed by atoms with Gasteiger partial charge in [0, 0.05) is 48.8 Å². The minimum Gasteiger partial charge on any atom is -0.508 e. The van der Waals surface area contributed by atoms with E-state index < -0.39 is 12.8 Å². The smallest absolute Gasteiger partial charge is 0.255 e. The Morgan fingerprint density at radius 1 is 0.944 bits per heavy atom. The van der Waals surface area contributed by atoms with Crippen molar-refractivity contribution in [2.75, 3.05) is 48.0 Å². The highest BCUT2D eigenvalue weighted by molar-refractivity contribution is 6.04. The van der Waals surface area contributed by atoms with Crippen molar-refractivity contribution in [3.63, 3.8) is 0 Å². The van der Waals surface area contributed by atoms with E-state index in [1.54, 1.807) is 12.1 Å². The third-order valence-corrected chi connectivity index (χ3v) is 5.48. The molecule has 1 aliphatic heterocycles. The third kappa shape index (κ3) is 8.00. The molecule has 0 aromatic heterocycles. The number of halogens is 1. The van der Waals surface area contributed by atoms with Crippen LogP contribution in [0.2, 0.25) is 0 Å². The number of hydrogen-bond donors (Lipinski definition) is 3. The molecule has 8 heteroatoms. The van der Waals surface area contributed by atoms with Crippen molar-refractivity contribution in [2.24, 2.45) is 0 Å². The lowest BCUT2D eigenvalue weighted by molar-refractivity contribution is 0.102. The number of piperazine rings is 1. The lowest BCUT2D eigenvalue weighted by atomic mass is 10.1. The molecule has 1 atom stereocenters. The minimum absolute atomic E-state index is 0. The Hall–Kier alpha value is -4.09. The topological polar surface area (TPSA) is 99.8 Å². The zero-order chi connectivity index (χ0) is 25.2. The normalized spacial score (nSPS) is 13.4. The molecule has 3 aromatic rings. The first-order valence-electron chi connectivity index (χ1n) is 11.3. The van der Waals surface area contributed by atoms with Crippen LogP contribution in [0.15, 0.2) is 72.8 Å². The molecule has 0 saturated carbocycles. The van der Waals surface area contributed by atoms with Gasteiger partial charge >= 0.3 is 0 Å². The lowest BCUT2D eigenvalue weighted by Gasteiger charge is -2.37. The Morgan fingerprint density at radius 2 is 1.39 bits per heavy atom. The van der Waals surface area contributed by atoms with Crippen molar-refractivity contribution in [1.82, 2.24) is 0 Å². The zero-order valence-electron chi connectivity index (χ0n) is 19.6. The Bertz CT molecular complexity index is 1120. The van der Waals surface area contributed by atoms with E-state index in [2.05, 4.69) is 21.2 Å². The maximum Gasteiger partial charge on any atom is 0.255 e. The fraction of sp³-hybridized carbons (Fsp3) is 0.286. The summed E-state index contributed by atoms with van der Waals surface area (Å²) in [6.07, 6.45) is -0.782. The molecular formula is C28H33FN4O3. The summed E-state index contributed by atoms with van der Waals surface area (Å²) in [6, 6.07) is 23.9. The maximum absolute atomic E-state index is 12.3. The van der Waals surface area contributed by atoms with Crippen molar-refractivity contribution < 1.29 is 19.4 Å². The van der Waals surface area contributed by atoms with E-state index in [0.717, 1.165) is 43.2 Å². The van der Waals surface area contributed by atoms with Gasteiger partial charge in [-0.15, -0.1) is 0 Å². The van der Waals surface area contributed by atoms with Gasteiger partial charge in [0.1, 0.15) is 12.4 Å². The van der Waals surface area contributed by atoms with Gasteiger partial charge in [0.2, 0.25) is 0 Å². The third-order valence-electron chi connectivity index (χ3n) is 5.48. The van der Waals surface area contributed by atoms with Crippen molar-refractivity contribution in [1.29, 1.82) is 5.26 Å². The van der Waals surface area contributed by atoms with Crippen molar-refractivity contribution in [3.8, 4) is 11.8 Å². The van der Waals surface area contributed by atoms with E-state index in [9.17, 15) is 14.3 Å². The summed E-state index contributed by atoms with van der Waals surface area (Å²) in [4.78, 5) is 16.9. The molecular weight excluding hydrogens is 459 g/mol. The van der Waals surface area contributed by atoms with E-state index in [1.807, 2.05) is 48.5 Å². The molecule has 0 bridgehead atoms. The van der Waals surface area contributed by atoms with Crippen LogP contribution in [0.4, 0.5) is 21.5 Å². The van der Waals surface area contributed by atoms with Crippen LogP contribution in [0.3, 0.4) is 0 Å². The number of phenolic OH excluding ortho intramolecular Hbond substituents is 1. The second-order valence-electron chi connectivity index (χ2n) is 8.18. The summed E-state index contributed by atoms with van der Waals surface area (Å²) in [7, 11) is 0. The van der Waals surface area contributed by atoms with Crippen molar-refractivity contribution >= 4 is 23.0 Å². The van der Waals surface area contributed by atoms with Gasteiger partial charge in [0.25, 0.3) is 5.91 Å². The van der Waals surface area contributed by atoms with E-state index in [1.165, 1.54) is 19.1 Å². The van der Waals surface area contributed by atoms with Gasteiger partial charge in [0.05, 0.1) is 17.7 Å². The van der Waals surface area contributed by atoms with Crippen LogP contribution in [0.25, 0.3) is 0 Å². The SMILES string of the molecule is C.CC(O)CF.N#Cc1ccc(N2CCN(c3ccc(NC(=O)c4ccc(O)cc4)cc3)CC2)cc1. The largest absolute Gasteiger partial charge is 0.508 e. The average Bonchev–Trinajstić information content (AvgIpc) is 2.90. The van der Waals surface area contributed by atoms with Gasteiger partial charge in [-0.25, -0.2) is 4.39 Å². The quantitative estimate of drug-likeness (QED) is 0.472. The number of aliphatic hydroxyl groups excluding tert-OH is 1. The number of aromatic hydroxyl groups is 1. The molecule has 1 aliphatic rings. The molecule has 0 radical (unpaired) electrons. The summed E-state index contributed by atoms with van der Waals surface area (Å²) in [5, 5.41) is 29.1. The molecule has 0 aliphatic carbocycles. The maximum atomic E-state index is 12.3. The number of rotatable bonds is 5. The first-order chi connectivity index (χ1) is 16.9. The van der Waals surface area contributed by atoms with Crippen LogP contribution >= 0.6 is 0 Å². The van der Waals surface area contributed by atoms with Crippen LogP contribution in [0, 0.1) is 11.3 Å². The van der Waals surface area contributed by atoms with Gasteiger partial charge in [-0.3, -0.25) is 4.79 Å². The molecule has 1 unspecified atom stereocenters. The van der Waals surface area contributed by atoms with Crippen LogP contribution in [0.5, 0.6) is 5.75 Å². The van der Waals surface area contributed by atoms with Crippen LogP contribution in [-0.2, 0) is 0 Å². The van der Waals surface area contributed by atoms with Gasteiger partial charge in [-0.2, -0.15) is 5.26 Å². The lowest BCUT2D eigenvalue weighted by Crippen LogP contribution is -2.46. The Labute approximate surface area is 212 Å². The van der Waals surface area contributed by atoms with Gasteiger partial charge in [-0.1, -0.05) is 7.43 Å². The number of nitrogens with one attached hydrogen (secondary N) is 1. The van der Waals surface area contributed by atoms with Gasteiger partial charge in [0.15, 0.2) is 0 Å². The first-order valence-corrected chi connectivity index (χ1v) is 11.3. The number of carbonyl (C=O) groups excluding carboxylic acids is 1. The monoisotopic (exact) mass is 492 g/mol. The highest BCUT2D eigenvalue weighted by Gasteiger charge is 2.17. The number of aliphatic hydroxyl groups is 1. The highest BCUT2D eigenvalue weighted by atomic mass is 19.1. The number of nitriles is 1. The predicted molar refractivity (Wildman–Crippen MR) is 142 cm³/mol. The second-order valence-corrected chi connectivity index (χ2v) is 8.18. The number of phenols is 1. The second kappa shape index (κ2) is 13.7. The molecule has 36 heavy (non-hydrogen) atoms. The highest BCUT2D eigenvalue weighted by Crippen LogP contribution is 2.23. The molecule has 1 saturated heterocycles. The predicted octanol–water partition coefficient (Wildman–Crippen LogP) is 4.82. The molecule has 1 fully saturated rings. The van der Waals surface area contributed by atoms with E-state index in [-0.39, 0.29) is 19.1 Å². The number of nitrogens with zero attached hydrogens (tertiary/aromatic N) is 3. The first kappa shape index (κ1) is 28.1. The molecule has 1 heterocycles. The number of amides is 1. The summed E-state index contributed by atoms with van der Waals surface area (Å²) < 4.78 is 10.9. The van der Waals surface area contributed by atoms with E-state index in [4.69, 9.17) is 10.4 Å². The Morgan fingerprint density at radius 3 is 1.81 bits per heavy atom. The number of carbonyl (C=O) groups is 1. The molecule has 190 valence electrons. The molecule has 3 N–H and O–H groups in total. The van der Waals surface area contributed by atoms with Crippen molar-refractivity contribution in [2.45, 2.75) is 20.5 Å². The van der Waals surface area contributed by atoms with Gasteiger partial charge < -0.3 is 25.3 Å².